The molecular weight excluding hydrogens is 392 g/mol. The van der Waals surface area contributed by atoms with Crippen LogP contribution in [0.1, 0.15) is 23.4 Å². The first-order valence-corrected chi connectivity index (χ1v) is 9.23. The van der Waals surface area contributed by atoms with Gasteiger partial charge < -0.3 is 28.1 Å². The Morgan fingerprint density at radius 1 is 1.07 bits per heavy atom. The minimum Gasteiger partial charge on any atom is -0.493 e. The molecule has 156 valence electrons. The van der Waals surface area contributed by atoms with Crippen molar-refractivity contribution in [2.45, 2.75) is 19.1 Å². The SMILES string of the molecule is COc1ccc(CC(=O)OCc2nnc([C@@H]3COc4ccccc4O3)o2)cc1OC. The summed E-state index contributed by atoms with van der Waals surface area (Å²) in [7, 11) is 3.08. The molecule has 0 amide bonds. The number of ether oxygens (including phenoxy) is 5. The lowest BCUT2D eigenvalue weighted by atomic mass is 10.1. The monoisotopic (exact) mass is 412 g/mol. The number of benzene rings is 2. The highest BCUT2D eigenvalue weighted by molar-refractivity contribution is 5.72. The summed E-state index contributed by atoms with van der Waals surface area (Å²) in [6, 6.07) is 12.6. The van der Waals surface area contributed by atoms with Crippen molar-refractivity contribution in [3.8, 4) is 23.0 Å². The van der Waals surface area contributed by atoms with Gasteiger partial charge in [-0.25, -0.2) is 0 Å². The highest BCUT2D eigenvalue weighted by Gasteiger charge is 2.27. The van der Waals surface area contributed by atoms with Gasteiger partial charge in [-0.15, -0.1) is 10.2 Å². The van der Waals surface area contributed by atoms with Gasteiger partial charge in [0.15, 0.2) is 29.6 Å². The Hall–Kier alpha value is -3.75. The summed E-state index contributed by atoms with van der Waals surface area (Å²) in [6.07, 6.45) is -0.457. The number of para-hydroxylation sites is 2. The zero-order valence-corrected chi connectivity index (χ0v) is 16.5. The van der Waals surface area contributed by atoms with Gasteiger partial charge in [0.1, 0.15) is 6.61 Å². The Morgan fingerprint density at radius 3 is 2.67 bits per heavy atom. The standard InChI is InChI=1S/C21H20N2O7/c1-25-14-8-7-13(9-17(14)26-2)10-20(24)28-12-19-22-23-21(30-19)18-11-27-15-5-3-4-6-16(15)29-18/h3-9,18H,10-12H2,1-2H3/t18-/m0/s1. The van der Waals surface area contributed by atoms with Crippen molar-refractivity contribution in [3.63, 3.8) is 0 Å². The molecule has 0 radical (unpaired) electrons. The molecule has 0 fully saturated rings. The lowest BCUT2D eigenvalue weighted by Crippen LogP contribution is -2.21. The number of hydrogen-bond acceptors (Lipinski definition) is 9. The number of methoxy groups -OCH3 is 2. The lowest BCUT2D eigenvalue weighted by molar-refractivity contribution is -0.144. The van der Waals surface area contributed by atoms with Gasteiger partial charge in [-0.05, 0) is 29.8 Å². The molecule has 1 aliphatic heterocycles. The van der Waals surface area contributed by atoms with Crippen LogP contribution in [0.25, 0.3) is 0 Å². The molecule has 30 heavy (non-hydrogen) atoms. The number of rotatable bonds is 7. The van der Waals surface area contributed by atoms with Gasteiger partial charge in [-0.2, -0.15) is 0 Å². The Balaban J connectivity index is 1.32. The van der Waals surface area contributed by atoms with E-state index in [9.17, 15) is 4.79 Å². The number of hydrogen-bond donors (Lipinski definition) is 0. The van der Waals surface area contributed by atoms with Crippen molar-refractivity contribution in [3.05, 3.63) is 59.8 Å². The van der Waals surface area contributed by atoms with Gasteiger partial charge in [0, 0.05) is 0 Å². The lowest BCUT2D eigenvalue weighted by Gasteiger charge is -2.23. The minimum atomic E-state index is -0.524. The first-order chi connectivity index (χ1) is 14.7. The quantitative estimate of drug-likeness (QED) is 0.542. The van der Waals surface area contributed by atoms with Crippen molar-refractivity contribution in [2.24, 2.45) is 0 Å². The van der Waals surface area contributed by atoms with Crippen molar-refractivity contribution in [1.29, 1.82) is 0 Å². The smallest absolute Gasteiger partial charge is 0.310 e. The van der Waals surface area contributed by atoms with E-state index in [1.807, 2.05) is 18.2 Å². The van der Waals surface area contributed by atoms with Crippen LogP contribution in [-0.4, -0.2) is 37.0 Å². The highest BCUT2D eigenvalue weighted by atomic mass is 16.6. The first kappa shape index (κ1) is 19.6. The first-order valence-electron chi connectivity index (χ1n) is 9.23. The summed E-state index contributed by atoms with van der Waals surface area (Å²) in [4.78, 5) is 12.2. The molecule has 0 N–H and O–H groups in total. The molecule has 0 saturated heterocycles. The van der Waals surface area contributed by atoms with E-state index in [1.54, 1.807) is 31.4 Å². The van der Waals surface area contributed by atoms with Gasteiger partial charge in [0.2, 0.25) is 6.10 Å². The van der Waals surface area contributed by atoms with E-state index in [4.69, 9.17) is 28.1 Å². The zero-order valence-electron chi connectivity index (χ0n) is 16.5. The van der Waals surface area contributed by atoms with E-state index in [0.717, 1.165) is 5.56 Å². The van der Waals surface area contributed by atoms with E-state index in [2.05, 4.69) is 10.2 Å². The van der Waals surface area contributed by atoms with Crippen molar-refractivity contribution >= 4 is 5.97 Å². The molecule has 1 atom stereocenters. The maximum atomic E-state index is 12.2. The van der Waals surface area contributed by atoms with E-state index >= 15 is 0 Å². The van der Waals surface area contributed by atoms with Crippen LogP contribution in [0.4, 0.5) is 0 Å². The van der Waals surface area contributed by atoms with Gasteiger partial charge in [0.25, 0.3) is 11.8 Å². The van der Waals surface area contributed by atoms with Crippen LogP contribution in [0.5, 0.6) is 23.0 Å². The molecule has 0 bridgehead atoms. The molecule has 9 nitrogen and oxygen atoms in total. The fourth-order valence-electron chi connectivity index (χ4n) is 2.95. The van der Waals surface area contributed by atoms with E-state index in [-0.39, 0.29) is 31.4 Å². The van der Waals surface area contributed by atoms with Crippen LogP contribution in [0.15, 0.2) is 46.9 Å². The maximum Gasteiger partial charge on any atom is 0.310 e. The van der Waals surface area contributed by atoms with E-state index < -0.39 is 12.1 Å². The van der Waals surface area contributed by atoms with Gasteiger partial charge in [0.05, 0.1) is 20.6 Å². The summed E-state index contributed by atoms with van der Waals surface area (Å²) in [5, 5.41) is 7.88. The predicted octanol–water partition coefficient (Wildman–Crippen LogP) is 2.89. The molecule has 0 unspecified atom stereocenters. The largest absolute Gasteiger partial charge is 0.493 e. The fraction of sp³-hybridized carbons (Fsp3) is 0.286. The van der Waals surface area contributed by atoms with Gasteiger partial charge >= 0.3 is 5.97 Å². The summed E-state index contributed by atoms with van der Waals surface area (Å²) >= 11 is 0. The topological polar surface area (TPSA) is 102 Å². The van der Waals surface area contributed by atoms with Crippen molar-refractivity contribution in [1.82, 2.24) is 10.2 Å². The Morgan fingerprint density at radius 2 is 1.87 bits per heavy atom. The van der Waals surface area contributed by atoms with Crippen LogP contribution in [0.3, 0.4) is 0 Å². The van der Waals surface area contributed by atoms with E-state index in [0.29, 0.717) is 23.0 Å². The third kappa shape index (κ3) is 4.29. The van der Waals surface area contributed by atoms with Crippen LogP contribution in [0.2, 0.25) is 0 Å². The highest BCUT2D eigenvalue weighted by Crippen LogP contribution is 2.35. The molecule has 0 saturated carbocycles. The summed E-state index contributed by atoms with van der Waals surface area (Å²) in [5.74, 6) is 2.40. The zero-order chi connectivity index (χ0) is 20.9. The molecule has 0 aliphatic carbocycles. The number of carbonyl (C=O) groups is 1. The van der Waals surface area contributed by atoms with Crippen LogP contribution >= 0.6 is 0 Å². The fourth-order valence-corrected chi connectivity index (χ4v) is 2.95. The molecular formula is C21H20N2O7. The second kappa shape index (κ2) is 8.73. The molecule has 9 heteroatoms. The molecule has 1 aliphatic rings. The third-order valence-corrected chi connectivity index (χ3v) is 4.42. The average Bonchev–Trinajstić information content (AvgIpc) is 3.26. The van der Waals surface area contributed by atoms with Crippen molar-refractivity contribution < 1.29 is 32.9 Å². The van der Waals surface area contributed by atoms with Crippen LogP contribution < -0.4 is 18.9 Å². The Labute approximate surface area is 172 Å². The average molecular weight is 412 g/mol. The summed E-state index contributed by atoms with van der Waals surface area (Å²) in [6.45, 7) is 0.112. The normalized spacial score (nSPS) is 14.8. The minimum absolute atomic E-state index is 0.0672. The molecule has 2 aromatic carbocycles. The van der Waals surface area contributed by atoms with Crippen molar-refractivity contribution in [2.75, 3.05) is 20.8 Å². The Bertz CT molecular complexity index is 1030. The maximum absolute atomic E-state index is 12.2. The third-order valence-electron chi connectivity index (χ3n) is 4.42. The van der Waals surface area contributed by atoms with E-state index in [1.165, 1.54) is 7.11 Å². The Kier molecular flexibility index (Phi) is 5.69. The van der Waals surface area contributed by atoms with Gasteiger partial charge in [-0.1, -0.05) is 18.2 Å². The van der Waals surface area contributed by atoms with Crippen LogP contribution in [0, 0.1) is 0 Å². The summed E-state index contributed by atoms with van der Waals surface area (Å²) < 4.78 is 32.7. The molecule has 4 rings (SSSR count). The molecule has 2 heterocycles. The molecule has 0 spiro atoms. The number of aromatic nitrogens is 2. The predicted molar refractivity (Wildman–Crippen MR) is 103 cm³/mol. The molecule has 1 aromatic heterocycles. The number of esters is 1. The second-order valence-corrected chi connectivity index (χ2v) is 6.43. The number of nitrogens with zero attached hydrogens (tertiary/aromatic N) is 2. The van der Waals surface area contributed by atoms with Crippen LogP contribution in [-0.2, 0) is 22.6 Å². The molecule has 3 aromatic rings. The number of carbonyl (C=O) groups excluding carboxylic acids is 1. The number of fused-ring (bicyclic) bond motifs is 1. The summed E-state index contributed by atoms with van der Waals surface area (Å²) in [5.41, 5.74) is 0.732. The van der Waals surface area contributed by atoms with Gasteiger partial charge in [-0.3, -0.25) is 4.79 Å². The second-order valence-electron chi connectivity index (χ2n) is 6.43.